The summed E-state index contributed by atoms with van der Waals surface area (Å²) < 4.78 is 7.89. The van der Waals surface area contributed by atoms with Gasteiger partial charge in [-0.25, -0.2) is 0 Å². The first-order valence-corrected chi connectivity index (χ1v) is 7.09. The van der Waals surface area contributed by atoms with Crippen LogP contribution in [-0.4, -0.2) is 18.7 Å². The van der Waals surface area contributed by atoms with Gasteiger partial charge in [0.1, 0.15) is 11.9 Å². The standard InChI is InChI=1S/C12H15Br2NO/c1-8(7-15-10-3-4-10)16-12-5-2-9(13)6-11(12)14/h2,5-6,8,10,15H,3-4,7H2,1H3. The van der Waals surface area contributed by atoms with Crippen LogP contribution in [-0.2, 0) is 0 Å². The Hall–Kier alpha value is -0.0600. The first-order chi connectivity index (χ1) is 7.65. The molecule has 1 aromatic carbocycles. The Labute approximate surface area is 113 Å². The average molecular weight is 349 g/mol. The summed E-state index contributed by atoms with van der Waals surface area (Å²) in [7, 11) is 0. The fourth-order valence-electron chi connectivity index (χ4n) is 1.45. The highest BCUT2D eigenvalue weighted by molar-refractivity contribution is 9.11. The number of ether oxygens (including phenoxy) is 1. The molecule has 0 saturated heterocycles. The van der Waals surface area contributed by atoms with Gasteiger partial charge in [-0.3, -0.25) is 0 Å². The second-order valence-electron chi connectivity index (χ2n) is 4.19. The molecular formula is C12H15Br2NO. The van der Waals surface area contributed by atoms with E-state index in [0.29, 0.717) is 0 Å². The molecule has 2 nitrogen and oxygen atoms in total. The molecule has 1 aliphatic rings. The minimum atomic E-state index is 0.193. The van der Waals surface area contributed by atoms with Crippen LogP contribution in [0.1, 0.15) is 19.8 Å². The summed E-state index contributed by atoms with van der Waals surface area (Å²) in [5.41, 5.74) is 0. The molecule has 0 aliphatic heterocycles. The molecule has 16 heavy (non-hydrogen) atoms. The highest BCUT2D eigenvalue weighted by atomic mass is 79.9. The van der Waals surface area contributed by atoms with E-state index in [2.05, 4.69) is 44.1 Å². The van der Waals surface area contributed by atoms with Gasteiger partial charge in [-0.15, -0.1) is 0 Å². The summed E-state index contributed by atoms with van der Waals surface area (Å²) in [6, 6.07) is 6.69. The van der Waals surface area contributed by atoms with Crippen molar-refractivity contribution < 1.29 is 4.74 Å². The van der Waals surface area contributed by atoms with Crippen molar-refractivity contribution in [3.63, 3.8) is 0 Å². The van der Waals surface area contributed by atoms with Crippen molar-refractivity contribution in [2.24, 2.45) is 0 Å². The molecule has 0 bridgehead atoms. The third-order valence-corrected chi connectivity index (χ3v) is 3.61. The molecule has 4 heteroatoms. The molecule has 1 atom stereocenters. The molecule has 1 aromatic rings. The fourth-order valence-corrected chi connectivity index (χ4v) is 2.59. The van der Waals surface area contributed by atoms with Gasteiger partial charge in [0.05, 0.1) is 4.47 Å². The summed E-state index contributed by atoms with van der Waals surface area (Å²) in [6.45, 7) is 3.00. The second kappa shape index (κ2) is 5.52. The monoisotopic (exact) mass is 347 g/mol. The van der Waals surface area contributed by atoms with Crippen LogP contribution in [0, 0.1) is 0 Å². The molecule has 88 valence electrons. The second-order valence-corrected chi connectivity index (χ2v) is 5.96. The molecular weight excluding hydrogens is 334 g/mol. The Morgan fingerprint density at radius 3 is 2.81 bits per heavy atom. The van der Waals surface area contributed by atoms with Gasteiger partial charge in [0, 0.05) is 17.1 Å². The smallest absolute Gasteiger partial charge is 0.134 e. The third-order valence-electron chi connectivity index (χ3n) is 2.49. The number of hydrogen-bond acceptors (Lipinski definition) is 2. The quantitative estimate of drug-likeness (QED) is 0.875. The Balaban J connectivity index is 1.86. The van der Waals surface area contributed by atoms with E-state index in [0.717, 1.165) is 27.3 Å². The molecule has 0 aromatic heterocycles. The lowest BCUT2D eigenvalue weighted by Crippen LogP contribution is -2.30. The molecule has 1 aliphatic carbocycles. The summed E-state index contributed by atoms with van der Waals surface area (Å²) in [4.78, 5) is 0. The van der Waals surface area contributed by atoms with Crippen LogP contribution in [0.2, 0.25) is 0 Å². The first kappa shape index (κ1) is 12.4. The SMILES string of the molecule is CC(CNC1CC1)Oc1ccc(Br)cc1Br. The van der Waals surface area contributed by atoms with Crippen molar-refractivity contribution in [1.29, 1.82) is 0 Å². The maximum absolute atomic E-state index is 5.85. The Morgan fingerprint density at radius 2 is 2.19 bits per heavy atom. The maximum Gasteiger partial charge on any atom is 0.134 e. The van der Waals surface area contributed by atoms with E-state index in [1.54, 1.807) is 0 Å². The Morgan fingerprint density at radius 1 is 1.44 bits per heavy atom. The van der Waals surface area contributed by atoms with Crippen molar-refractivity contribution in [2.45, 2.75) is 31.9 Å². The van der Waals surface area contributed by atoms with Gasteiger partial charge in [0.2, 0.25) is 0 Å². The lowest BCUT2D eigenvalue weighted by Gasteiger charge is -2.16. The van der Waals surface area contributed by atoms with Gasteiger partial charge < -0.3 is 10.1 Å². The Kier molecular flexibility index (Phi) is 4.27. The molecule has 1 unspecified atom stereocenters. The van der Waals surface area contributed by atoms with E-state index in [-0.39, 0.29) is 6.10 Å². The zero-order chi connectivity index (χ0) is 11.5. The minimum absolute atomic E-state index is 0.193. The molecule has 0 spiro atoms. The zero-order valence-electron chi connectivity index (χ0n) is 9.17. The normalized spacial score (nSPS) is 17.2. The van der Waals surface area contributed by atoms with E-state index in [1.165, 1.54) is 12.8 Å². The predicted molar refractivity (Wildman–Crippen MR) is 73.0 cm³/mol. The summed E-state index contributed by atoms with van der Waals surface area (Å²) in [6.07, 6.45) is 2.82. The van der Waals surface area contributed by atoms with Crippen molar-refractivity contribution in [3.05, 3.63) is 27.1 Å². The molecule has 0 amide bonds. The van der Waals surface area contributed by atoms with E-state index in [4.69, 9.17) is 4.74 Å². The summed E-state index contributed by atoms with van der Waals surface area (Å²) >= 11 is 6.92. The molecule has 0 radical (unpaired) electrons. The van der Waals surface area contributed by atoms with Crippen molar-refractivity contribution in [2.75, 3.05) is 6.54 Å². The third kappa shape index (κ3) is 3.75. The van der Waals surface area contributed by atoms with Gasteiger partial charge >= 0.3 is 0 Å². The van der Waals surface area contributed by atoms with E-state index in [9.17, 15) is 0 Å². The highest BCUT2D eigenvalue weighted by Crippen LogP contribution is 2.29. The average Bonchev–Trinajstić information content (AvgIpc) is 3.03. The Bertz CT molecular complexity index is 366. The van der Waals surface area contributed by atoms with E-state index in [1.807, 2.05) is 18.2 Å². The highest BCUT2D eigenvalue weighted by Gasteiger charge is 2.21. The number of rotatable bonds is 5. The van der Waals surface area contributed by atoms with Crippen LogP contribution in [0.25, 0.3) is 0 Å². The lowest BCUT2D eigenvalue weighted by atomic mass is 10.3. The van der Waals surface area contributed by atoms with Gasteiger partial charge in [-0.1, -0.05) is 15.9 Å². The minimum Gasteiger partial charge on any atom is -0.488 e. The zero-order valence-corrected chi connectivity index (χ0v) is 12.3. The number of halogens is 2. The molecule has 2 rings (SSSR count). The summed E-state index contributed by atoms with van der Waals surface area (Å²) in [5.74, 6) is 0.897. The van der Waals surface area contributed by atoms with Gasteiger partial charge in [0.15, 0.2) is 0 Å². The van der Waals surface area contributed by atoms with Crippen LogP contribution >= 0.6 is 31.9 Å². The predicted octanol–water partition coefficient (Wildman–Crippen LogP) is 3.73. The van der Waals surface area contributed by atoms with Crippen LogP contribution in [0.15, 0.2) is 27.1 Å². The van der Waals surface area contributed by atoms with Crippen LogP contribution in [0.4, 0.5) is 0 Å². The van der Waals surface area contributed by atoms with Crippen LogP contribution < -0.4 is 10.1 Å². The number of nitrogens with one attached hydrogen (secondary N) is 1. The lowest BCUT2D eigenvalue weighted by molar-refractivity contribution is 0.215. The van der Waals surface area contributed by atoms with Gasteiger partial charge in [0.25, 0.3) is 0 Å². The number of hydrogen-bond donors (Lipinski definition) is 1. The maximum atomic E-state index is 5.85. The molecule has 1 N–H and O–H groups in total. The van der Waals surface area contributed by atoms with Crippen molar-refractivity contribution in [3.8, 4) is 5.75 Å². The fraction of sp³-hybridized carbons (Fsp3) is 0.500. The van der Waals surface area contributed by atoms with Crippen molar-refractivity contribution in [1.82, 2.24) is 5.32 Å². The van der Waals surface area contributed by atoms with Crippen LogP contribution in [0.3, 0.4) is 0 Å². The largest absolute Gasteiger partial charge is 0.488 e. The van der Waals surface area contributed by atoms with Gasteiger partial charge in [-0.05, 0) is 53.9 Å². The topological polar surface area (TPSA) is 21.3 Å². The van der Waals surface area contributed by atoms with Crippen LogP contribution in [0.5, 0.6) is 5.75 Å². The number of benzene rings is 1. The van der Waals surface area contributed by atoms with Gasteiger partial charge in [-0.2, -0.15) is 0 Å². The van der Waals surface area contributed by atoms with E-state index < -0.39 is 0 Å². The summed E-state index contributed by atoms with van der Waals surface area (Å²) in [5, 5.41) is 3.46. The first-order valence-electron chi connectivity index (χ1n) is 5.50. The van der Waals surface area contributed by atoms with Crippen molar-refractivity contribution >= 4 is 31.9 Å². The molecule has 1 fully saturated rings. The van der Waals surface area contributed by atoms with E-state index >= 15 is 0 Å². The molecule has 0 heterocycles. The molecule has 1 saturated carbocycles.